The van der Waals surface area contributed by atoms with Crippen LogP contribution in [0.1, 0.15) is 0 Å². The second-order valence-corrected chi connectivity index (χ2v) is 5.72. The average Bonchev–Trinajstić information content (AvgIpc) is 2.63. The SMILES string of the molecule is O=c1[nH]ccc2cc(-c3cnc(N4CCNCC4)cn3)c(F)cc12. The van der Waals surface area contributed by atoms with E-state index in [4.69, 9.17) is 0 Å². The average molecular weight is 325 g/mol. The van der Waals surface area contributed by atoms with Crippen LogP contribution in [0.3, 0.4) is 0 Å². The number of pyridine rings is 1. The molecule has 4 rings (SSSR count). The van der Waals surface area contributed by atoms with Crippen molar-refractivity contribution in [3.63, 3.8) is 0 Å². The number of anilines is 1. The van der Waals surface area contributed by atoms with Gasteiger partial charge in [0.2, 0.25) is 0 Å². The molecule has 1 saturated heterocycles. The van der Waals surface area contributed by atoms with Crippen LogP contribution in [0.2, 0.25) is 0 Å². The number of rotatable bonds is 2. The monoisotopic (exact) mass is 325 g/mol. The van der Waals surface area contributed by atoms with Gasteiger partial charge in [-0.1, -0.05) is 0 Å². The van der Waals surface area contributed by atoms with Gasteiger partial charge in [-0.25, -0.2) is 9.37 Å². The largest absolute Gasteiger partial charge is 0.353 e. The molecule has 0 amide bonds. The van der Waals surface area contributed by atoms with E-state index in [9.17, 15) is 9.18 Å². The number of halogens is 1. The molecule has 0 radical (unpaired) electrons. The van der Waals surface area contributed by atoms with Gasteiger partial charge < -0.3 is 15.2 Å². The van der Waals surface area contributed by atoms with E-state index in [0.29, 0.717) is 22.0 Å². The van der Waals surface area contributed by atoms with Crippen LogP contribution in [-0.4, -0.2) is 41.1 Å². The lowest BCUT2D eigenvalue weighted by Crippen LogP contribution is -2.43. The molecule has 1 fully saturated rings. The number of nitrogens with one attached hydrogen (secondary N) is 2. The fourth-order valence-corrected chi connectivity index (χ4v) is 2.92. The fourth-order valence-electron chi connectivity index (χ4n) is 2.92. The predicted molar refractivity (Wildman–Crippen MR) is 90.6 cm³/mol. The van der Waals surface area contributed by atoms with Gasteiger partial charge >= 0.3 is 0 Å². The Morgan fingerprint density at radius 2 is 1.96 bits per heavy atom. The number of aromatic amines is 1. The van der Waals surface area contributed by atoms with E-state index in [1.807, 2.05) is 0 Å². The molecule has 0 saturated carbocycles. The molecule has 0 bridgehead atoms. The number of nitrogens with zero attached hydrogens (tertiary/aromatic N) is 3. The molecular weight excluding hydrogens is 309 g/mol. The summed E-state index contributed by atoms with van der Waals surface area (Å²) in [5.74, 6) is 0.307. The van der Waals surface area contributed by atoms with Gasteiger partial charge in [-0.15, -0.1) is 0 Å². The molecular formula is C17H16FN5O. The first-order chi connectivity index (χ1) is 11.7. The highest BCUT2D eigenvalue weighted by Gasteiger charge is 2.14. The predicted octanol–water partition coefficient (Wildman–Crippen LogP) is 1.53. The molecule has 24 heavy (non-hydrogen) atoms. The minimum absolute atomic E-state index is 0.307. The van der Waals surface area contributed by atoms with Crippen molar-refractivity contribution < 1.29 is 4.39 Å². The zero-order valence-corrected chi connectivity index (χ0v) is 12.9. The lowest BCUT2D eigenvalue weighted by Gasteiger charge is -2.28. The highest BCUT2D eigenvalue weighted by Crippen LogP contribution is 2.25. The number of fused-ring (bicyclic) bond motifs is 1. The summed E-state index contributed by atoms with van der Waals surface area (Å²) in [6.07, 6.45) is 4.79. The molecule has 1 aromatic carbocycles. The Kier molecular flexibility index (Phi) is 3.70. The molecule has 1 aliphatic rings. The van der Waals surface area contributed by atoms with Gasteiger partial charge in [0, 0.05) is 43.3 Å². The van der Waals surface area contributed by atoms with Crippen molar-refractivity contribution in [2.45, 2.75) is 0 Å². The maximum absolute atomic E-state index is 14.4. The van der Waals surface area contributed by atoms with Gasteiger partial charge in [-0.05, 0) is 23.6 Å². The van der Waals surface area contributed by atoms with E-state index in [1.165, 1.54) is 6.07 Å². The first-order valence-electron chi connectivity index (χ1n) is 7.81. The number of piperazine rings is 1. The molecule has 2 N–H and O–H groups in total. The standard InChI is InChI=1S/C17H16FN5O/c18-14-8-12-11(1-2-20-17(12)24)7-13(14)15-9-22-16(10-21-15)23-5-3-19-4-6-23/h1-2,7-10,19H,3-6H2,(H,20,24). The Hall–Kier alpha value is -2.80. The summed E-state index contributed by atoms with van der Waals surface area (Å²) in [7, 11) is 0. The second-order valence-electron chi connectivity index (χ2n) is 5.72. The van der Waals surface area contributed by atoms with Gasteiger partial charge in [-0.2, -0.15) is 0 Å². The Morgan fingerprint density at radius 1 is 1.12 bits per heavy atom. The first kappa shape index (κ1) is 14.8. The maximum Gasteiger partial charge on any atom is 0.255 e. The highest BCUT2D eigenvalue weighted by molar-refractivity contribution is 5.86. The van der Waals surface area contributed by atoms with Crippen LogP contribution in [0.5, 0.6) is 0 Å². The normalized spacial score (nSPS) is 15.0. The first-order valence-corrected chi connectivity index (χ1v) is 7.81. The third kappa shape index (κ3) is 2.63. The molecule has 3 aromatic rings. The molecule has 122 valence electrons. The van der Waals surface area contributed by atoms with Crippen molar-refractivity contribution in [2.24, 2.45) is 0 Å². The van der Waals surface area contributed by atoms with Gasteiger partial charge in [0.15, 0.2) is 0 Å². The van der Waals surface area contributed by atoms with Crippen molar-refractivity contribution in [3.05, 3.63) is 53.0 Å². The summed E-state index contributed by atoms with van der Waals surface area (Å²) in [6.45, 7) is 3.58. The van der Waals surface area contributed by atoms with Gasteiger partial charge in [0.1, 0.15) is 11.6 Å². The van der Waals surface area contributed by atoms with Crippen LogP contribution < -0.4 is 15.8 Å². The van der Waals surface area contributed by atoms with Crippen LogP contribution in [0.25, 0.3) is 22.0 Å². The summed E-state index contributed by atoms with van der Waals surface area (Å²) in [6, 6.07) is 4.62. The molecule has 0 unspecified atom stereocenters. The Balaban J connectivity index is 1.72. The summed E-state index contributed by atoms with van der Waals surface area (Å²) < 4.78 is 14.4. The molecule has 0 atom stereocenters. The molecule has 3 heterocycles. The van der Waals surface area contributed by atoms with Crippen molar-refractivity contribution in [3.8, 4) is 11.3 Å². The van der Waals surface area contributed by atoms with E-state index in [2.05, 4.69) is 25.2 Å². The number of H-pyrrole nitrogens is 1. The topological polar surface area (TPSA) is 73.9 Å². The highest BCUT2D eigenvalue weighted by atomic mass is 19.1. The van der Waals surface area contributed by atoms with Gasteiger partial charge in [0.25, 0.3) is 5.56 Å². The molecule has 1 aliphatic heterocycles. The van der Waals surface area contributed by atoms with Crippen molar-refractivity contribution in [2.75, 3.05) is 31.1 Å². The quantitative estimate of drug-likeness (QED) is 0.747. The van der Waals surface area contributed by atoms with Gasteiger partial charge in [-0.3, -0.25) is 9.78 Å². The van der Waals surface area contributed by atoms with Crippen LogP contribution in [0.4, 0.5) is 10.2 Å². The number of hydrogen-bond donors (Lipinski definition) is 2. The molecule has 6 nitrogen and oxygen atoms in total. The lowest BCUT2D eigenvalue weighted by molar-refractivity contribution is 0.584. The van der Waals surface area contributed by atoms with E-state index < -0.39 is 5.82 Å². The minimum Gasteiger partial charge on any atom is -0.353 e. The van der Waals surface area contributed by atoms with E-state index in [0.717, 1.165) is 32.0 Å². The second kappa shape index (κ2) is 6.01. The minimum atomic E-state index is -0.483. The summed E-state index contributed by atoms with van der Waals surface area (Å²) in [5, 5.41) is 4.28. The Bertz CT molecular complexity index is 932. The third-order valence-corrected chi connectivity index (χ3v) is 4.22. The Labute approximate surface area is 137 Å². The summed E-state index contributed by atoms with van der Waals surface area (Å²) in [4.78, 5) is 25.2. The van der Waals surface area contributed by atoms with E-state index in [-0.39, 0.29) is 5.56 Å². The van der Waals surface area contributed by atoms with Crippen LogP contribution >= 0.6 is 0 Å². The van der Waals surface area contributed by atoms with Gasteiger partial charge in [0.05, 0.1) is 18.1 Å². The smallest absolute Gasteiger partial charge is 0.255 e. The number of benzene rings is 1. The van der Waals surface area contributed by atoms with Crippen LogP contribution in [0.15, 0.2) is 41.6 Å². The van der Waals surface area contributed by atoms with E-state index >= 15 is 0 Å². The van der Waals surface area contributed by atoms with Crippen molar-refractivity contribution in [1.82, 2.24) is 20.3 Å². The van der Waals surface area contributed by atoms with E-state index in [1.54, 1.807) is 30.7 Å². The van der Waals surface area contributed by atoms with Crippen LogP contribution in [-0.2, 0) is 0 Å². The van der Waals surface area contributed by atoms with Crippen LogP contribution in [0, 0.1) is 5.82 Å². The molecule has 2 aromatic heterocycles. The number of hydrogen-bond acceptors (Lipinski definition) is 5. The summed E-state index contributed by atoms with van der Waals surface area (Å²) in [5.41, 5.74) is 0.485. The summed E-state index contributed by atoms with van der Waals surface area (Å²) >= 11 is 0. The molecule has 0 aliphatic carbocycles. The molecule has 7 heteroatoms. The van der Waals surface area contributed by atoms with Crippen molar-refractivity contribution >= 4 is 16.6 Å². The lowest BCUT2D eigenvalue weighted by atomic mass is 10.1. The number of aromatic nitrogens is 3. The zero-order chi connectivity index (χ0) is 16.5. The Morgan fingerprint density at radius 3 is 2.71 bits per heavy atom. The third-order valence-electron chi connectivity index (χ3n) is 4.22. The molecule has 0 spiro atoms. The zero-order valence-electron chi connectivity index (χ0n) is 12.9. The maximum atomic E-state index is 14.4. The fraction of sp³-hybridized carbons (Fsp3) is 0.235. The van der Waals surface area contributed by atoms with Crippen molar-refractivity contribution in [1.29, 1.82) is 0 Å².